The van der Waals surface area contributed by atoms with E-state index in [2.05, 4.69) is 118 Å². The second kappa shape index (κ2) is 43.8. The van der Waals surface area contributed by atoms with Crippen molar-refractivity contribution in [2.75, 3.05) is 13.2 Å². The van der Waals surface area contributed by atoms with Gasteiger partial charge in [-0.3, -0.25) is 14.4 Å². The molecule has 0 aliphatic rings. The topological polar surface area (TPSA) is 78.9 Å². The third kappa shape index (κ3) is 41.2. The maximum atomic E-state index is 12.7. The summed E-state index contributed by atoms with van der Waals surface area (Å²) < 4.78 is 16.5. The van der Waals surface area contributed by atoms with Gasteiger partial charge in [-0.05, 0) is 96.3 Å². The molecule has 0 aromatic carbocycles. The molecule has 0 heterocycles. The van der Waals surface area contributed by atoms with Gasteiger partial charge in [-0.25, -0.2) is 0 Å². The van der Waals surface area contributed by atoms with E-state index in [1.165, 1.54) is 12.8 Å². The third-order valence-electron chi connectivity index (χ3n) is 8.51. The van der Waals surface area contributed by atoms with Crippen molar-refractivity contribution in [3.63, 3.8) is 0 Å². The van der Waals surface area contributed by atoms with Gasteiger partial charge in [-0.2, -0.15) is 0 Å². The normalized spacial score (nSPS) is 13.1. The van der Waals surface area contributed by atoms with Crippen molar-refractivity contribution in [3.05, 3.63) is 109 Å². The standard InChI is InChI=1S/C50H78O6/c1-4-7-10-13-16-19-22-24-25-27-28-31-34-37-40-43-49(52)55-46-47(45-54-48(51)42-39-36-33-30-21-18-15-12-9-6-3)56-50(53)44-41-38-35-32-29-26-23-20-17-14-11-8-5-2/h7-8,10-12,15-17,19-20,24-26,28-29,31,37,40,47H,4-6,9,13-14,18,21-23,27,30,32-36,38-39,41-46H2,1-3H3/b10-7-,11-8-,15-12-,19-16-,20-17-,25-24-,29-26-,31-28-,40-37-. The fourth-order valence-corrected chi connectivity index (χ4v) is 5.29. The van der Waals surface area contributed by atoms with Gasteiger partial charge in [0.25, 0.3) is 0 Å². The molecule has 1 atom stereocenters. The zero-order valence-corrected chi connectivity index (χ0v) is 35.6. The summed E-state index contributed by atoms with van der Waals surface area (Å²) in [5, 5.41) is 0. The van der Waals surface area contributed by atoms with E-state index in [4.69, 9.17) is 14.2 Å². The molecule has 0 aliphatic carbocycles. The molecule has 0 aliphatic heterocycles. The van der Waals surface area contributed by atoms with Crippen LogP contribution in [-0.4, -0.2) is 37.2 Å². The molecule has 0 aromatic heterocycles. The van der Waals surface area contributed by atoms with Crippen molar-refractivity contribution in [1.29, 1.82) is 0 Å². The maximum Gasteiger partial charge on any atom is 0.309 e. The summed E-state index contributed by atoms with van der Waals surface area (Å²) in [5.41, 5.74) is 0. The van der Waals surface area contributed by atoms with E-state index in [0.717, 1.165) is 109 Å². The molecule has 0 aromatic rings. The first-order valence-electron chi connectivity index (χ1n) is 21.9. The first-order chi connectivity index (χ1) is 27.5. The molecule has 0 amide bonds. The SMILES string of the molecule is CC/C=C\C/C=C\C/C=C\C/C=C\C/C=C\CC(=O)OCC(COC(=O)CCCCCCC/C=C\CCC)OC(=O)CCCCC/C=C\C/C=C\C/C=C\CC. The van der Waals surface area contributed by atoms with E-state index in [9.17, 15) is 14.4 Å². The molecular weight excluding hydrogens is 697 g/mol. The number of carbonyl (C=O) groups is 3. The molecule has 0 bridgehead atoms. The fourth-order valence-electron chi connectivity index (χ4n) is 5.29. The molecule has 0 fully saturated rings. The molecule has 0 spiro atoms. The van der Waals surface area contributed by atoms with Gasteiger partial charge in [0.1, 0.15) is 13.2 Å². The van der Waals surface area contributed by atoms with Gasteiger partial charge in [0.15, 0.2) is 6.10 Å². The zero-order chi connectivity index (χ0) is 40.8. The minimum Gasteiger partial charge on any atom is -0.462 e. The zero-order valence-electron chi connectivity index (χ0n) is 35.6. The number of hydrogen-bond acceptors (Lipinski definition) is 6. The Balaban J connectivity index is 4.60. The predicted octanol–water partition coefficient (Wildman–Crippen LogP) is 14.0. The summed E-state index contributed by atoms with van der Waals surface area (Å²) in [6.45, 7) is 6.18. The van der Waals surface area contributed by atoms with Gasteiger partial charge in [-0.15, -0.1) is 0 Å². The molecular formula is C50H78O6. The van der Waals surface area contributed by atoms with Crippen LogP contribution in [0.15, 0.2) is 109 Å². The lowest BCUT2D eigenvalue weighted by atomic mass is 10.1. The van der Waals surface area contributed by atoms with Crippen molar-refractivity contribution in [2.45, 2.75) is 175 Å². The van der Waals surface area contributed by atoms with Gasteiger partial charge in [0, 0.05) is 12.8 Å². The molecule has 0 saturated heterocycles. The summed E-state index contributed by atoms with van der Waals surface area (Å²) in [6.07, 6.45) is 58.1. The highest BCUT2D eigenvalue weighted by atomic mass is 16.6. The summed E-state index contributed by atoms with van der Waals surface area (Å²) >= 11 is 0. The maximum absolute atomic E-state index is 12.7. The minimum absolute atomic E-state index is 0.115. The quantitative estimate of drug-likeness (QED) is 0.0271. The lowest BCUT2D eigenvalue weighted by molar-refractivity contribution is -0.166. The molecule has 6 heteroatoms. The first-order valence-corrected chi connectivity index (χ1v) is 21.9. The second-order valence-corrected chi connectivity index (χ2v) is 13.8. The molecule has 1 unspecified atom stereocenters. The summed E-state index contributed by atoms with van der Waals surface area (Å²) in [6, 6.07) is 0. The molecule has 0 N–H and O–H groups in total. The Morgan fingerprint density at radius 2 is 0.768 bits per heavy atom. The molecule has 0 rings (SSSR count). The third-order valence-corrected chi connectivity index (χ3v) is 8.51. The fraction of sp³-hybridized carbons (Fsp3) is 0.580. The Bertz CT molecular complexity index is 1210. The van der Waals surface area contributed by atoms with Crippen molar-refractivity contribution in [2.24, 2.45) is 0 Å². The van der Waals surface area contributed by atoms with Crippen molar-refractivity contribution >= 4 is 17.9 Å². The Morgan fingerprint density at radius 3 is 1.29 bits per heavy atom. The van der Waals surface area contributed by atoms with Crippen molar-refractivity contribution in [3.8, 4) is 0 Å². The summed E-state index contributed by atoms with van der Waals surface area (Å²) in [7, 11) is 0. The summed E-state index contributed by atoms with van der Waals surface area (Å²) in [4.78, 5) is 37.6. The average molecular weight is 775 g/mol. The molecule has 0 saturated carbocycles. The van der Waals surface area contributed by atoms with Crippen LogP contribution in [0.2, 0.25) is 0 Å². The van der Waals surface area contributed by atoms with Crippen LogP contribution >= 0.6 is 0 Å². The van der Waals surface area contributed by atoms with E-state index in [1.54, 1.807) is 6.08 Å². The average Bonchev–Trinajstić information content (AvgIpc) is 3.19. The lowest BCUT2D eigenvalue weighted by Gasteiger charge is -2.18. The van der Waals surface area contributed by atoms with Crippen LogP contribution in [0.3, 0.4) is 0 Å². The number of hydrogen-bond donors (Lipinski definition) is 0. The summed E-state index contributed by atoms with van der Waals surface area (Å²) in [5.74, 6) is -1.12. The number of unbranched alkanes of at least 4 members (excludes halogenated alkanes) is 9. The molecule has 314 valence electrons. The predicted molar refractivity (Wildman–Crippen MR) is 237 cm³/mol. The van der Waals surface area contributed by atoms with Crippen molar-refractivity contribution < 1.29 is 28.6 Å². The number of allylic oxidation sites excluding steroid dienone is 17. The Morgan fingerprint density at radius 1 is 0.393 bits per heavy atom. The molecule has 6 nitrogen and oxygen atoms in total. The first kappa shape index (κ1) is 52.1. The lowest BCUT2D eigenvalue weighted by Crippen LogP contribution is -2.30. The smallest absolute Gasteiger partial charge is 0.309 e. The van der Waals surface area contributed by atoms with E-state index in [0.29, 0.717) is 12.8 Å². The van der Waals surface area contributed by atoms with Gasteiger partial charge < -0.3 is 14.2 Å². The molecule has 56 heavy (non-hydrogen) atoms. The highest BCUT2D eigenvalue weighted by molar-refractivity contribution is 5.72. The number of ether oxygens (including phenoxy) is 3. The van der Waals surface area contributed by atoms with E-state index < -0.39 is 12.1 Å². The van der Waals surface area contributed by atoms with Crippen LogP contribution in [0.4, 0.5) is 0 Å². The molecule has 0 radical (unpaired) electrons. The number of rotatable bonds is 37. The van der Waals surface area contributed by atoms with Gasteiger partial charge >= 0.3 is 17.9 Å². The second-order valence-electron chi connectivity index (χ2n) is 13.8. The van der Waals surface area contributed by atoms with Crippen LogP contribution < -0.4 is 0 Å². The van der Waals surface area contributed by atoms with Crippen LogP contribution in [0.1, 0.15) is 168 Å². The van der Waals surface area contributed by atoms with E-state index in [-0.39, 0.29) is 38.0 Å². The van der Waals surface area contributed by atoms with Gasteiger partial charge in [-0.1, -0.05) is 162 Å². The van der Waals surface area contributed by atoms with Crippen LogP contribution in [0.25, 0.3) is 0 Å². The monoisotopic (exact) mass is 775 g/mol. The largest absolute Gasteiger partial charge is 0.462 e. The van der Waals surface area contributed by atoms with E-state index in [1.807, 2.05) is 6.08 Å². The Labute approximate surface area is 342 Å². The van der Waals surface area contributed by atoms with Crippen LogP contribution in [0.5, 0.6) is 0 Å². The minimum atomic E-state index is -0.835. The van der Waals surface area contributed by atoms with Crippen molar-refractivity contribution in [1.82, 2.24) is 0 Å². The Hall–Kier alpha value is -3.93. The van der Waals surface area contributed by atoms with Gasteiger partial charge in [0.2, 0.25) is 0 Å². The highest BCUT2D eigenvalue weighted by Gasteiger charge is 2.19. The highest BCUT2D eigenvalue weighted by Crippen LogP contribution is 2.11. The van der Waals surface area contributed by atoms with Gasteiger partial charge in [0.05, 0.1) is 6.42 Å². The van der Waals surface area contributed by atoms with E-state index >= 15 is 0 Å². The number of esters is 3. The Kier molecular flexibility index (Phi) is 40.7. The van der Waals surface area contributed by atoms with Crippen LogP contribution in [-0.2, 0) is 28.6 Å². The number of carbonyl (C=O) groups excluding carboxylic acids is 3. The van der Waals surface area contributed by atoms with Crippen LogP contribution in [0, 0.1) is 0 Å².